The molecule has 0 bridgehead atoms. The van der Waals surface area contributed by atoms with E-state index in [1.165, 1.54) is 0 Å². The number of benzene rings is 1. The van der Waals surface area contributed by atoms with Crippen molar-refractivity contribution in [3.63, 3.8) is 0 Å². The van der Waals surface area contributed by atoms with Crippen LogP contribution in [-0.2, 0) is 9.47 Å². The first-order valence-corrected chi connectivity index (χ1v) is 9.22. The second-order valence-electron chi connectivity index (χ2n) is 5.63. The normalized spacial score (nSPS) is 11.1. The molecule has 8 nitrogen and oxygen atoms in total. The van der Waals surface area contributed by atoms with E-state index in [2.05, 4.69) is 20.9 Å². The molecule has 0 radical (unpaired) electrons. The van der Waals surface area contributed by atoms with Crippen LogP contribution in [0, 0.1) is 0 Å². The van der Waals surface area contributed by atoms with E-state index in [0.29, 0.717) is 50.8 Å². The van der Waals surface area contributed by atoms with Crippen LogP contribution in [0.3, 0.4) is 0 Å². The number of nitrogens with zero attached hydrogens (tertiary/aromatic N) is 1. The summed E-state index contributed by atoms with van der Waals surface area (Å²) < 4.78 is 15.5. The molecule has 0 saturated carbocycles. The molecule has 0 aliphatic heterocycles. The van der Waals surface area contributed by atoms with E-state index in [4.69, 9.17) is 14.2 Å². The van der Waals surface area contributed by atoms with Gasteiger partial charge in [-0.1, -0.05) is 6.07 Å². The number of nitrogens with one attached hydrogen (secondary N) is 3. The van der Waals surface area contributed by atoms with Gasteiger partial charge in [-0.05, 0) is 31.5 Å². The van der Waals surface area contributed by atoms with Crippen LogP contribution in [0.25, 0.3) is 0 Å². The molecule has 1 aromatic carbocycles. The molecule has 0 unspecified atom stereocenters. The van der Waals surface area contributed by atoms with Crippen LogP contribution in [0.2, 0.25) is 0 Å². The van der Waals surface area contributed by atoms with Crippen LogP contribution < -0.4 is 20.7 Å². The van der Waals surface area contributed by atoms with Crippen LogP contribution in [0.4, 0.5) is 0 Å². The Balaban J connectivity index is 2.26. The fourth-order valence-corrected chi connectivity index (χ4v) is 2.17. The maximum atomic E-state index is 12.1. The van der Waals surface area contributed by atoms with Gasteiger partial charge >= 0.3 is 0 Å². The summed E-state index contributed by atoms with van der Waals surface area (Å²) >= 11 is 0. The molecule has 3 N–H and O–H groups in total. The first-order chi connectivity index (χ1) is 13.2. The smallest absolute Gasteiger partial charge is 0.251 e. The van der Waals surface area contributed by atoms with Crippen LogP contribution >= 0.6 is 0 Å². The molecule has 0 saturated heterocycles. The highest BCUT2D eigenvalue weighted by Gasteiger charge is 2.06. The number of ether oxygens (including phenoxy) is 3. The molecule has 1 rings (SSSR count). The molecule has 152 valence electrons. The largest absolute Gasteiger partial charge is 0.497 e. The van der Waals surface area contributed by atoms with Gasteiger partial charge in [-0.3, -0.25) is 9.79 Å². The summed E-state index contributed by atoms with van der Waals surface area (Å²) in [5.74, 6) is 1.25. The molecule has 1 amide bonds. The quantitative estimate of drug-likeness (QED) is 0.269. The first kappa shape index (κ1) is 22.7. The van der Waals surface area contributed by atoms with Gasteiger partial charge in [-0.25, -0.2) is 0 Å². The Morgan fingerprint density at radius 2 is 1.89 bits per heavy atom. The van der Waals surface area contributed by atoms with Gasteiger partial charge in [0.15, 0.2) is 5.96 Å². The highest BCUT2D eigenvalue weighted by atomic mass is 16.5. The molecule has 27 heavy (non-hydrogen) atoms. The van der Waals surface area contributed by atoms with E-state index in [-0.39, 0.29) is 5.91 Å². The molecule has 8 heteroatoms. The molecule has 0 atom stereocenters. The minimum atomic E-state index is -0.133. The highest BCUT2D eigenvalue weighted by molar-refractivity contribution is 5.94. The van der Waals surface area contributed by atoms with Crippen LogP contribution in [0.1, 0.15) is 23.7 Å². The Kier molecular flexibility index (Phi) is 12.5. The summed E-state index contributed by atoms with van der Waals surface area (Å²) in [5.41, 5.74) is 0.573. The maximum absolute atomic E-state index is 12.1. The summed E-state index contributed by atoms with van der Waals surface area (Å²) in [6.45, 7) is 6.37. The Hall–Kier alpha value is -2.32. The molecule has 0 aliphatic carbocycles. The Labute approximate surface area is 161 Å². The minimum Gasteiger partial charge on any atom is -0.497 e. The lowest BCUT2D eigenvalue weighted by Gasteiger charge is -2.12. The lowest BCUT2D eigenvalue weighted by molar-refractivity contribution is 0.0702. The van der Waals surface area contributed by atoms with Gasteiger partial charge in [0.1, 0.15) is 5.75 Å². The number of methoxy groups -OCH3 is 2. The summed E-state index contributed by atoms with van der Waals surface area (Å²) in [5, 5.41) is 9.25. The number of hydrogen-bond donors (Lipinski definition) is 3. The molecule has 0 aromatic heterocycles. The van der Waals surface area contributed by atoms with Gasteiger partial charge < -0.3 is 30.2 Å². The zero-order chi connectivity index (χ0) is 19.7. The molecule has 0 spiro atoms. The topological polar surface area (TPSA) is 93.2 Å². The highest BCUT2D eigenvalue weighted by Crippen LogP contribution is 2.12. The van der Waals surface area contributed by atoms with Crippen molar-refractivity contribution >= 4 is 11.9 Å². The Morgan fingerprint density at radius 1 is 1.07 bits per heavy atom. The summed E-state index contributed by atoms with van der Waals surface area (Å²) in [6.07, 6.45) is 0.840. The van der Waals surface area contributed by atoms with Crippen molar-refractivity contribution < 1.29 is 19.0 Å². The number of carbonyl (C=O) groups excluding carboxylic acids is 1. The number of guanidine groups is 1. The molecule has 0 fully saturated rings. The number of rotatable bonds is 13. The number of aliphatic imine (C=N–C) groups is 1. The predicted octanol–water partition coefficient (Wildman–Crippen LogP) is 1.03. The predicted molar refractivity (Wildman–Crippen MR) is 107 cm³/mol. The van der Waals surface area contributed by atoms with Crippen molar-refractivity contribution in [2.45, 2.75) is 13.3 Å². The zero-order valence-electron chi connectivity index (χ0n) is 16.5. The summed E-state index contributed by atoms with van der Waals surface area (Å²) in [6, 6.07) is 7.07. The van der Waals surface area contributed by atoms with Crippen molar-refractivity contribution in [3.05, 3.63) is 29.8 Å². The van der Waals surface area contributed by atoms with E-state index in [9.17, 15) is 4.79 Å². The Bertz CT molecular complexity index is 566. The summed E-state index contributed by atoms with van der Waals surface area (Å²) in [7, 11) is 3.23. The third kappa shape index (κ3) is 10.4. The number of amides is 1. The van der Waals surface area contributed by atoms with Crippen molar-refractivity contribution in [1.29, 1.82) is 0 Å². The maximum Gasteiger partial charge on any atom is 0.251 e. The number of hydrogen-bond acceptors (Lipinski definition) is 5. The number of carbonyl (C=O) groups is 1. The van der Waals surface area contributed by atoms with E-state index in [0.717, 1.165) is 18.9 Å². The van der Waals surface area contributed by atoms with Crippen LogP contribution in [0.15, 0.2) is 29.3 Å². The van der Waals surface area contributed by atoms with Gasteiger partial charge in [-0.15, -0.1) is 0 Å². The van der Waals surface area contributed by atoms with E-state index in [1.54, 1.807) is 38.5 Å². The lowest BCUT2D eigenvalue weighted by atomic mass is 10.2. The zero-order valence-corrected chi connectivity index (χ0v) is 16.5. The van der Waals surface area contributed by atoms with Gasteiger partial charge in [0.05, 0.1) is 20.3 Å². The lowest BCUT2D eigenvalue weighted by Crippen LogP contribution is -2.41. The fourth-order valence-electron chi connectivity index (χ4n) is 2.17. The van der Waals surface area contributed by atoms with Crippen molar-refractivity contribution in [2.75, 3.05) is 60.2 Å². The van der Waals surface area contributed by atoms with Gasteiger partial charge in [0.2, 0.25) is 0 Å². The first-order valence-electron chi connectivity index (χ1n) is 9.22. The van der Waals surface area contributed by atoms with Crippen molar-refractivity contribution in [2.24, 2.45) is 4.99 Å². The van der Waals surface area contributed by atoms with E-state index >= 15 is 0 Å². The van der Waals surface area contributed by atoms with Crippen molar-refractivity contribution in [3.8, 4) is 5.75 Å². The molecule has 0 aliphatic rings. The van der Waals surface area contributed by atoms with Gasteiger partial charge in [0, 0.05) is 45.5 Å². The SMILES string of the molecule is CCNC(=NCCCOCCOC)NCCNC(=O)c1cccc(OC)c1. The third-order valence-electron chi connectivity index (χ3n) is 3.53. The van der Waals surface area contributed by atoms with E-state index in [1.807, 2.05) is 6.92 Å². The molecular formula is C19H32N4O4. The van der Waals surface area contributed by atoms with Gasteiger partial charge in [-0.2, -0.15) is 0 Å². The van der Waals surface area contributed by atoms with Crippen molar-refractivity contribution in [1.82, 2.24) is 16.0 Å². The molecule has 1 aromatic rings. The molecular weight excluding hydrogens is 348 g/mol. The van der Waals surface area contributed by atoms with Crippen LogP contribution in [0.5, 0.6) is 5.75 Å². The second-order valence-corrected chi connectivity index (χ2v) is 5.63. The van der Waals surface area contributed by atoms with E-state index < -0.39 is 0 Å². The minimum absolute atomic E-state index is 0.133. The van der Waals surface area contributed by atoms with Gasteiger partial charge in [0.25, 0.3) is 5.91 Å². The Morgan fingerprint density at radius 3 is 2.63 bits per heavy atom. The third-order valence-corrected chi connectivity index (χ3v) is 3.53. The monoisotopic (exact) mass is 380 g/mol. The van der Waals surface area contributed by atoms with Crippen LogP contribution in [-0.4, -0.2) is 72.1 Å². The fraction of sp³-hybridized carbons (Fsp3) is 0.579. The second kappa shape index (κ2) is 14.8. The molecule has 0 heterocycles. The average molecular weight is 380 g/mol. The summed E-state index contributed by atoms with van der Waals surface area (Å²) in [4.78, 5) is 16.6. The standard InChI is InChI=1S/C19H32N4O4/c1-4-20-19(22-9-6-12-27-14-13-25-2)23-11-10-21-18(24)16-7-5-8-17(15-16)26-3/h5,7-8,15H,4,6,9-14H2,1-3H3,(H,21,24)(H2,20,22,23). The average Bonchev–Trinajstić information content (AvgIpc) is 2.70.